The maximum atomic E-state index is 4.14. The number of amidine groups is 1. The third-order valence-electron chi connectivity index (χ3n) is 1.12. The van der Waals surface area contributed by atoms with Crippen LogP contribution in [0.5, 0.6) is 0 Å². The molecule has 0 aliphatic carbocycles. The molecule has 1 rings (SSSR count). The summed E-state index contributed by atoms with van der Waals surface area (Å²) in [7, 11) is 0. The van der Waals surface area contributed by atoms with Crippen molar-refractivity contribution in [2.24, 2.45) is 4.99 Å². The zero-order valence-electron chi connectivity index (χ0n) is 4.85. The van der Waals surface area contributed by atoms with Crippen molar-refractivity contribution in [1.29, 1.82) is 0 Å². The summed E-state index contributed by atoms with van der Waals surface area (Å²) in [6.07, 6.45) is 2.90. The standard InChI is InChI=1S/C6H10N2/c1-2-6-7-4-3-5-8-6/h2H,1,3-5H2,(H,7,8). The summed E-state index contributed by atoms with van der Waals surface area (Å²) < 4.78 is 0. The molecule has 0 saturated carbocycles. The van der Waals surface area contributed by atoms with Gasteiger partial charge in [0.05, 0.1) is 0 Å². The maximum Gasteiger partial charge on any atom is 0.120 e. The first-order chi connectivity index (χ1) is 3.93. The molecule has 0 aromatic carbocycles. The predicted molar refractivity (Wildman–Crippen MR) is 35.1 cm³/mol. The van der Waals surface area contributed by atoms with Gasteiger partial charge in [-0.05, 0) is 12.5 Å². The molecule has 0 atom stereocenters. The number of rotatable bonds is 1. The molecule has 8 heavy (non-hydrogen) atoms. The van der Waals surface area contributed by atoms with Crippen LogP contribution in [-0.4, -0.2) is 18.9 Å². The van der Waals surface area contributed by atoms with Gasteiger partial charge in [-0.25, -0.2) is 0 Å². The van der Waals surface area contributed by atoms with Gasteiger partial charge >= 0.3 is 0 Å². The van der Waals surface area contributed by atoms with Crippen LogP contribution in [0.4, 0.5) is 0 Å². The fraction of sp³-hybridized carbons (Fsp3) is 0.500. The van der Waals surface area contributed by atoms with Crippen molar-refractivity contribution in [2.45, 2.75) is 6.42 Å². The maximum absolute atomic E-state index is 4.14. The van der Waals surface area contributed by atoms with E-state index in [9.17, 15) is 0 Å². The Labute approximate surface area is 49.3 Å². The van der Waals surface area contributed by atoms with Crippen molar-refractivity contribution < 1.29 is 0 Å². The molecule has 1 N–H and O–H groups in total. The first-order valence-electron chi connectivity index (χ1n) is 2.84. The van der Waals surface area contributed by atoms with E-state index in [1.807, 2.05) is 0 Å². The molecular weight excluding hydrogens is 100 g/mol. The number of nitrogens with one attached hydrogen (secondary N) is 1. The van der Waals surface area contributed by atoms with Crippen molar-refractivity contribution in [3.8, 4) is 0 Å². The van der Waals surface area contributed by atoms with Crippen LogP contribution in [0.25, 0.3) is 0 Å². The smallest absolute Gasteiger partial charge is 0.120 e. The average molecular weight is 110 g/mol. The van der Waals surface area contributed by atoms with E-state index in [1.165, 1.54) is 0 Å². The Morgan fingerprint density at radius 1 is 1.75 bits per heavy atom. The SMILES string of the molecule is C=CC1=NCCCN1. The van der Waals surface area contributed by atoms with Gasteiger partial charge in [0.1, 0.15) is 5.84 Å². The van der Waals surface area contributed by atoms with Gasteiger partial charge in [-0.15, -0.1) is 0 Å². The monoisotopic (exact) mass is 110 g/mol. The molecule has 0 amide bonds. The molecule has 44 valence electrons. The Balaban J connectivity index is 2.49. The highest BCUT2D eigenvalue weighted by molar-refractivity contribution is 5.92. The van der Waals surface area contributed by atoms with Crippen LogP contribution >= 0.6 is 0 Å². The van der Waals surface area contributed by atoms with E-state index in [2.05, 4.69) is 16.9 Å². The number of aliphatic imine (C=N–C) groups is 1. The first kappa shape index (κ1) is 5.35. The molecule has 0 unspecified atom stereocenters. The van der Waals surface area contributed by atoms with Crippen molar-refractivity contribution in [2.75, 3.05) is 13.1 Å². The van der Waals surface area contributed by atoms with E-state index in [4.69, 9.17) is 0 Å². The topological polar surface area (TPSA) is 24.4 Å². The number of hydrogen-bond acceptors (Lipinski definition) is 2. The fourth-order valence-corrected chi connectivity index (χ4v) is 0.688. The van der Waals surface area contributed by atoms with Crippen LogP contribution in [0.1, 0.15) is 6.42 Å². The average Bonchev–Trinajstić information content (AvgIpc) is 1.90. The summed E-state index contributed by atoms with van der Waals surface area (Å²) in [5.41, 5.74) is 0. The van der Waals surface area contributed by atoms with E-state index >= 15 is 0 Å². The number of hydrogen-bond donors (Lipinski definition) is 1. The molecule has 2 nitrogen and oxygen atoms in total. The van der Waals surface area contributed by atoms with Gasteiger partial charge in [0, 0.05) is 13.1 Å². The van der Waals surface area contributed by atoms with Gasteiger partial charge < -0.3 is 5.32 Å². The van der Waals surface area contributed by atoms with E-state index in [-0.39, 0.29) is 0 Å². The van der Waals surface area contributed by atoms with Crippen molar-refractivity contribution in [1.82, 2.24) is 5.32 Å². The molecule has 0 radical (unpaired) electrons. The van der Waals surface area contributed by atoms with Gasteiger partial charge in [0.25, 0.3) is 0 Å². The molecule has 1 aliphatic heterocycles. The van der Waals surface area contributed by atoms with E-state index < -0.39 is 0 Å². The summed E-state index contributed by atoms with van der Waals surface area (Å²) in [6, 6.07) is 0. The Bertz CT molecular complexity index is 116. The lowest BCUT2D eigenvalue weighted by Gasteiger charge is -2.09. The van der Waals surface area contributed by atoms with Crippen LogP contribution in [0.15, 0.2) is 17.6 Å². The molecule has 0 bridgehead atoms. The minimum absolute atomic E-state index is 0.941. The second-order valence-corrected chi connectivity index (χ2v) is 1.75. The summed E-state index contributed by atoms with van der Waals surface area (Å²) in [6.45, 7) is 5.59. The Morgan fingerprint density at radius 3 is 3.00 bits per heavy atom. The van der Waals surface area contributed by atoms with Gasteiger partial charge in [-0.3, -0.25) is 4.99 Å². The summed E-state index contributed by atoms with van der Waals surface area (Å²) in [4.78, 5) is 4.14. The van der Waals surface area contributed by atoms with E-state index in [1.54, 1.807) is 6.08 Å². The summed E-state index contributed by atoms with van der Waals surface area (Å²) >= 11 is 0. The zero-order chi connectivity index (χ0) is 5.82. The molecule has 0 fully saturated rings. The van der Waals surface area contributed by atoms with Crippen LogP contribution in [0.2, 0.25) is 0 Å². The second kappa shape index (κ2) is 2.50. The van der Waals surface area contributed by atoms with Crippen molar-refractivity contribution >= 4 is 5.84 Å². The molecule has 0 aromatic rings. The molecule has 0 saturated heterocycles. The zero-order valence-corrected chi connectivity index (χ0v) is 4.85. The van der Waals surface area contributed by atoms with Crippen LogP contribution < -0.4 is 5.32 Å². The minimum Gasteiger partial charge on any atom is -0.370 e. The number of nitrogens with zero attached hydrogens (tertiary/aromatic N) is 1. The van der Waals surface area contributed by atoms with Crippen LogP contribution in [0, 0.1) is 0 Å². The largest absolute Gasteiger partial charge is 0.370 e. The third-order valence-corrected chi connectivity index (χ3v) is 1.12. The lowest BCUT2D eigenvalue weighted by molar-refractivity contribution is 0.745. The van der Waals surface area contributed by atoms with Gasteiger partial charge in [-0.2, -0.15) is 0 Å². The van der Waals surface area contributed by atoms with Crippen molar-refractivity contribution in [3.63, 3.8) is 0 Å². The van der Waals surface area contributed by atoms with Crippen LogP contribution in [-0.2, 0) is 0 Å². The molecule has 2 heteroatoms. The van der Waals surface area contributed by atoms with Gasteiger partial charge in [0.15, 0.2) is 0 Å². The second-order valence-electron chi connectivity index (χ2n) is 1.75. The molecule has 0 spiro atoms. The molecular formula is C6H10N2. The molecule has 1 heterocycles. The van der Waals surface area contributed by atoms with E-state index in [0.29, 0.717) is 0 Å². The van der Waals surface area contributed by atoms with Gasteiger partial charge in [-0.1, -0.05) is 6.58 Å². The normalized spacial score (nSPS) is 18.8. The molecule has 0 aromatic heterocycles. The Kier molecular flexibility index (Phi) is 1.67. The molecule has 1 aliphatic rings. The lowest BCUT2D eigenvalue weighted by atomic mass is 10.3. The highest BCUT2D eigenvalue weighted by Crippen LogP contribution is 1.88. The predicted octanol–water partition coefficient (Wildman–Crippen LogP) is 0.564. The highest BCUT2D eigenvalue weighted by atomic mass is 15.0. The highest BCUT2D eigenvalue weighted by Gasteiger charge is 1.96. The Morgan fingerprint density at radius 2 is 2.62 bits per heavy atom. The van der Waals surface area contributed by atoms with E-state index in [0.717, 1.165) is 25.3 Å². The van der Waals surface area contributed by atoms with Crippen LogP contribution in [0.3, 0.4) is 0 Å². The lowest BCUT2D eigenvalue weighted by Crippen LogP contribution is -2.27. The summed E-state index contributed by atoms with van der Waals surface area (Å²) in [5, 5.41) is 3.10. The quantitative estimate of drug-likeness (QED) is 0.524. The first-order valence-corrected chi connectivity index (χ1v) is 2.84. The Hall–Kier alpha value is -0.790. The van der Waals surface area contributed by atoms with Crippen molar-refractivity contribution in [3.05, 3.63) is 12.7 Å². The third kappa shape index (κ3) is 1.09. The minimum atomic E-state index is 0.941. The van der Waals surface area contributed by atoms with Gasteiger partial charge in [0.2, 0.25) is 0 Å². The summed E-state index contributed by atoms with van der Waals surface area (Å²) in [5.74, 6) is 0.941. The fourth-order valence-electron chi connectivity index (χ4n) is 0.688.